The smallest absolute Gasteiger partial charge is 0.271 e. The van der Waals surface area contributed by atoms with Gasteiger partial charge >= 0.3 is 0 Å². The SMILES string of the molecule is CNC(=O)c1ccc(NCCc2nc(C)cs2)nn1. The summed E-state index contributed by atoms with van der Waals surface area (Å²) >= 11 is 1.65. The van der Waals surface area contributed by atoms with E-state index in [0.717, 1.165) is 23.7 Å². The highest BCUT2D eigenvalue weighted by Gasteiger charge is 2.05. The Kier molecular flexibility index (Phi) is 4.40. The minimum atomic E-state index is -0.239. The molecular weight excluding hydrogens is 262 g/mol. The number of thiazole rings is 1. The normalized spacial score (nSPS) is 10.2. The van der Waals surface area contributed by atoms with Crippen LogP contribution >= 0.6 is 11.3 Å². The molecule has 2 rings (SSSR count). The van der Waals surface area contributed by atoms with Crippen LogP contribution in [0.15, 0.2) is 17.5 Å². The number of carbonyl (C=O) groups excluding carboxylic acids is 1. The van der Waals surface area contributed by atoms with Crippen LogP contribution in [0.25, 0.3) is 0 Å². The number of hydrogen-bond donors (Lipinski definition) is 2. The Bertz CT molecular complexity index is 552. The largest absolute Gasteiger partial charge is 0.368 e. The molecule has 7 heteroatoms. The monoisotopic (exact) mass is 277 g/mol. The summed E-state index contributed by atoms with van der Waals surface area (Å²) in [5.74, 6) is 0.415. The fourth-order valence-corrected chi connectivity index (χ4v) is 2.27. The lowest BCUT2D eigenvalue weighted by atomic mass is 10.3. The van der Waals surface area contributed by atoms with E-state index < -0.39 is 0 Å². The molecule has 0 spiro atoms. The molecule has 0 saturated carbocycles. The van der Waals surface area contributed by atoms with Gasteiger partial charge in [-0.05, 0) is 19.1 Å². The fraction of sp³-hybridized carbons (Fsp3) is 0.333. The van der Waals surface area contributed by atoms with Crippen LogP contribution in [-0.2, 0) is 6.42 Å². The summed E-state index contributed by atoms with van der Waals surface area (Å²) < 4.78 is 0. The topological polar surface area (TPSA) is 79.8 Å². The van der Waals surface area contributed by atoms with Gasteiger partial charge < -0.3 is 10.6 Å². The molecule has 0 aliphatic rings. The van der Waals surface area contributed by atoms with Crippen molar-refractivity contribution < 1.29 is 4.79 Å². The van der Waals surface area contributed by atoms with Gasteiger partial charge in [-0.1, -0.05) is 0 Å². The van der Waals surface area contributed by atoms with E-state index in [4.69, 9.17) is 0 Å². The number of rotatable bonds is 5. The van der Waals surface area contributed by atoms with E-state index in [-0.39, 0.29) is 5.91 Å². The Hall–Kier alpha value is -2.02. The van der Waals surface area contributed by atoms with Crippen molar-refractivity contribution in [1.29, 1.82) is 0 Å². The maximum absolute atomic E-state index is 11.3. The van der Waals surface area contributed by atoms with Crippen molar-refractivity contribution in [3.8, 4) is 0 Å². The number of nitrogens with one attached hydrogen (secondary N) is 2. The average molecular weight is 277 g/mol. The lowest BCUT2D eigenvalue weighted by Gasteiger charge is -2.04. The van der Waals surface area contributed by atoms with Crippen LogP contribution in [0, 0.1) is 6.92 Å². The molecular formula is C12H15N5OS. The van der Waals surface area contributed by atoms with Crippen molar-refractivity contribution in [2.45, 2.75) is 13.3 Å². The summed E-state index contributed by atoms with van der Waals surface area (Å²) in [7, 11) is 1.56. The van der Waals surface area contributed by atoms with Gasteiger partial charge in [0.15, 0.2) is 5.69 Å². The molecule has 0 aliphatic carbocycles. The molecule has 100 valence electrons. The molecule has 6 nitrogen and oxygen atoms in total. The van der Waals surface area contributed by atoms with Gasteiger partial charge in [0.1, 0.15) is 5.82 Å². The summed E-state index contributed by atoms with van der Waals surface area (Å²) in [6, 6.07) is 3.38. The van der Waals surface area contributed by atoms with E-state index in [1.165, 1.54) is 0 Å². The molecule has 0 aromatic carbocycles. The molecule has 2 heterocycles. The van der Waals surface area contributed by atoms with Gasteiger partial charge in [-0.3, -0.25) is 4.79 Å². The van der Waals surface area contributed by atoms with Crippen LogP contribution in [0.3, 0.4) is 0 Å². The predicted molar refractivity (Wildman–Crippen MR) is 74.5 cm³/mol. The van der Waals surface area contributed by atoms with Crippen molar-refractivity contribution in [1.82, 2.24) is 20.5 Å². The number of anilines is 1. The highest BCUT2D eigenvalue weighted by Crippen LogP contribution is 2.09. The minimum Gasteiger partial charge on any atom is -0.368 e. The van der Waals surface area contributed by atoms with Gasteiger partial charge in [-0.2, -0.15) is 0 Å². The van der Waals surface area contributed by atoms with Crippen molar-refractivity contribution in [3.05, 3.63) is 33.9 Å². The Morgan fingerprint density at radius 3 is 2.79 bits per heavy atom. The third-order valence-electron chi connectivity index (χ3n) is 2.44. The maximum atomic E-state index is 11.3. The summed E-state index contributed by atoms with van der Waals surface area (Å²) in [6.45, 7) is 2.72. The molecule has 0 radical (unpaired) electrons. The lowest BCUT2D eigenvalue weighted by molar-refractivity contribution is 0.0957. The number of carbonyl (C=O) groups is 1. The van der Waals surface area contributed by atoms with E-state index in [9.17, 15) is 4.79 Å². The molecule has 2 aromatic rings. The van der Waals surface area contributed by atoms with Crippen molar-refractivity contribution >= 4 is 23.1 Å². The molecule has 0 aliphatic heterocycles. The summed E-state index contributed by atoms with van der Waals surface area (Å²) in [5.41, 5.74) is 1.36. The Morgan fingerprint density at radius 1 is 1.37 bits per heavy atom. The number of aromatic nitrogens is 3. The predicted octanol–water partition coefficient (Wildman–Crippen LogP) is 1.26. The van der Waals surface area contributed by atoms with Crippen molar-refractivity contribution in [2.24, 2.45) is 0 Å². The molecule has 19 heavy (non-hydrogen) atoms. The van der Waals surface area contributed by atoms with Crippen molar-refractivity contribution in [2.75, 3.05) is 18.9 Å². The van der Waals surface area contributed by atoms with Crippen LogP contribution in [0.2, 0.25) is 0 Å². The Balaban J connectivity index is 1.84. The number of hydrogen-bond acceptors (Lipinski definition) is 6. The molecule has 0 unspecified atom stereocenters. The third-order valence-corrected chi connectivity index (χ3v) is 3.46. The van der Waals surface area contributed by atoms with Gasteiger partial charge in [-0.15, -0.1) is 21.5 Å². The highest BCUT2D eigenvalue weighted by molar-refractivity contribution is 7.09. The zero-order valence-electron chi connectivity index (χ0n) is 10.8. The first kappa shape index (κ1) is 13.4. The van der Waals surface area contributed by atoms with Gasteiger partial charge in [0.2, 0.25) is 0 Å². The minimum absolute atomic E-state index is 0.239. The molecule has 2 aromatic heterocycles. The number of amides is 1. The van der Waals surface area contributed by atoms with Gasteiger partial charge in [0, 0.05) is 31.1 Å². The molecule has 0 saturated heterocycles. The first-order valence-electron chi connectivity index (χ1n) is 5.89. The maximum Gasteiger partial charge on any atom is 0.271 e. The first-order chi connectivity index (χ1) is 9.19. The van der Waals surface area contributed by atoms with Gasteiger partial charge in [-0.25, -0.2) is 4.98 Å². The van der Waals surface area contributed by atoms with Gasteiger partial charge in [0.05, 0.1) is 5.01 Å². The number of aryl methyl sites for hydroxylation is 1. The molecule has 2 N–H and O–H groups in total. The highest BCUT2D eigenvalue weighted by atomic mass is 32.1. The van der Waals surface area contributed by atoms with E-state index >= 15 is 0 Å². The van der Waals surface area contributed by atoms with Crippen LogP contribution in [0.1, 0.15) is 21.2 Å². The summed E-state index contributed by atoms with van der Waals surface area (Å²) in [6.07, 6.45) is 0.845. The summed E-state index contributed by atoms with van der Waals surface area (Å²) in [4.78, 5) is 15.7. The Labute approximate surface area is 115 Å². The molecule has 0 fully saturated rings. The second kappa shape index (κ2) is 6.24. The Morgan fingerprint density at radius 2 is 2.21 bits per heavy atom. The quantitative estimate of drug-likeness (QED) is 0.860. The van der Waals surface area contributed by atoms with E-state index in [1.54, 1.807) is 30.5 Å². The van der Waals surface area contributed by atoms with Crippen LogP contribution in [0.5, 0.6) is 0 Å². The van der Waals surface area contributed by atoms with Crippen LogP contribution in [0.4, 0.5) is 5.82 Å². The van der Waals surface area contributed by atoms with Crippen LogP contribution < -0.4 is 10.6 Å². The lowest BCUT2D eigenvalue weighted by Crippen LogP contribution is -2.20. The molecule has 0 atom stereocenters. The number of nitrogens with zero attached hydrogens (tertiary/aromatic N) is 3. The second-order valence-electron chi connectivity index (χ2n) is 3.94. The van der Waals surface area contributed by atoms with Crippen LogP contribution in [-0.4, -0.2) is 34.7 Å². The van der Waals surface area contributed by atoms with E-state index in [1.807, 2.05) is 12.3 Å². The zero-order valence-corrected chi connectivity index (χ0v) is 11.6. The molecule has 1 amide bonds. The zero-order chi connectivity index (χ0) is 13.7. The average Bonchev–Trinajstić information content (AvgIpc) is 2.84. The third kappa shape index (κ3) is 3.72. The first-order valence-corrected chi connectivity index (χ1v) is 6.77. The summed E-state index contributed by atoms with van der Waals surface area (Å²) in [5, 5.41) is 16.6. The van der Waals surface area contributed by atoms with E-state index in [0.29, 0.717) is 11.5 Å². The fourth-order valence-electron chi connectivity index (χ4n) is 1.49. The van der Waals surface area contributed by atoms with Crippen molar-refractivity contribution in [3.63, 3.8) is 0 Å². The van der Waals surface area contributed by atoms with E-state index in [2.05, 4.69) is 25.8 Å². The molecule has 0 bridgehead atoms. The van der Waals surface area contributed by atoms with Gasteiger partial charge in [0.25, 0.3) is 5.91 Å². The standard InChI is InChI=1S/C12H15N5OS/c1-8-7-19-11(15-8)5-6-14-10-4-3-9(16-17-10)12(18)13-2/h3-4,7H,5-6H2,1-2H3,(H,13,18)(H,14,17). The second-order valence-corrected chi connectivity index (χ2v) is 4.88.